The van der Waals surface area contributed by atoms with Crippen LogP contribution in [0.15, 0.2) is 30.6 Å². The number of halogens is 2. The van der Waals surface area contributed by atoms with Crippen molar-refractivity contribution in [3.63, 3.8) is 0 Å². The molecule has 1 aliphatic rings. The molecule has 1 atom stereocenters. The van der Waals surface area contributed by atoms with Crippen molar-refractivity contribution in [3.8, 4) is 17.3 Å². The average Bonchev–Trinajstić information content (AvgIpc) is 3.08. The fourth-order valence-electron chi connectivity index (χ4n) is 4.30. The predicted octanol–water partition coefficient (Wildman–Crippen LogP) is 3.54. The Balaban J connectivity index is 1.43. The molecule has 34 heavy (non-hydrogen) atoms. The van der Waals surface area contributed by atoms with Crippen LogP contribution in [0.3, 0.4) is 0 Å². The molecule has 1 fully saturated rings. The lowest BCUT2D eigenvalue weighted by Crippen LogP contribution is -2.53. The fraction of sp³-hybridized carbons (Fsp3) is 0.417. The molecule has 180 valence electrons. The summed E-state index contributed by atoms with van der Waals surface area (Å²) in [5.41, 5.74) is 3.02. The number of anilines is 1. The zero-order chi connectivity index (χ0) is 24.4. The maximum atomic E-state index is 14.6. The minimum atomic E-state index is -0.386. The highest BCUT2D eigenvalue weighted by Crippen LogP contribution is 2.33. The molecule has 0 bridgehead atoms. The van der Waals surface area contributed by atoms with Crippen molar-refractivity contribution in [2.45, 2.75) is 33.4 Å². The summed E-state index contributed by atoms with van der Waals surface area (Å²) in [6, 6.07) is 4.71. The van der Waals surface area contributed by atoms with E-state index in [0.29, 0.717) is 36.9 Å². The number of Topliss-reactive ketones (excluding diaryl/α,β-unsaturated/α-hetero) is 1. The zero-order valence-corrected chi connectivity index (χ0v) is 20.5. The summed E-state index contributed by atoms with van der Waals surface area (Å²) in [6.45, 7) is 8.13. The summed E-state index contributed by atoms with van der Waals surface area (Å²) in [7, 11) is 1.51. The Hall–Kier alpha value is -3.04. The number of aryl methyl sites for hydroxylation is 1. The first-order chi connectivity index (χ1) is 16.3. The summed E-state index contributed by atoms with van der Waals surface area (Å²) in [5, 5.41) is 4.79. The molecular formula is C24H28ClFN6O2. The van der Waals surface area contributed by atoms with Gasteiger partial charge in [0.05, 0.1) is 30.1 Å². The predicted molar refractivity (Wildman–Crippen MR) is 129 cm³/mol. The van der Waals surface area contributed by atoms with E-state index in [2.05, 4.69) is 20.0 Å². The van der Waals surface area contributed by atoms with E-state index in [1.807, 2.05) is 25.7 Å². The highest BCUT2D eigenvalue weighted by atomic mass is 35.5. The number of hydrogen-bond donors (Lipinski definition) is 0. The Bertz CT molecular complexity index is 1190. The van der Waals surface area contributed by atoms with E-state index in [-0.39, 0.29) is 35.8 Å². The molecule has 8 nitrogen and oxygen atoms in total. The normalized spacial score (nSPS) is 16.6. The first-order valence-corrected chi connectivity index (χ1v) is 11.5. The lowest BCUT2D eigenvalue weighted by atomic mass is 10.1. The van der Waals surface area contributed by atoms with Crippen LogP contribution in [0.1, 0.15) is 18.2 Å². The van der Waals surface area contributed by atoms with E-state index in [9.17, 15) is 9.18 Å². The second kappa shape index (κ2) is 10.1. The number of carbonyl (C=O) groups is 1. The van der Waals surface area contributed by atoms with Gasteiger partial charge in [-0.05, 0) is 32.9 Å². The molecule has 0 unspecified atom stereocenters. The van der Waals surface area contributed by atoms with Crippen LogP contribution in [-0.4, -0.2) is 69.8 Å². The van der Waals surface area contributed by atoms with Crippen molar-refractivity contribution in [1.82, 2.24) is 24.6 Å². The zero-order valence-electron chi connectivity index (χ0n) is 19.8. The number of methoxy groups -OCH3 is 1. The summed E-state index contributed by atoms with van der Waals surface area (Å²) < 4.78 is 21.5. The number of ether oxygens (including phenoxy) is 1. The molecule has 1 saturated heterocycles. The van der Waals surface area contributed by atoms with Gasteiger partial charge >= 0.3 is 0 Å². The topological polar surface area (TPSA) is 76.4 Å². The number of hydrogen-bond acceptors (Lipinski definition) is 7. The molecule has 0 aliphatic carbocycles. The van der Waals surface area contributed by atoms with E-state index >= 15 is 0 Å². The molecule has 0 N–H and O–H groups in total. The monoisotopic (exact) mass is 486 g/mol. The number of benzene rings is 1. The minimum absolute atomic E-state index is 0.0410. The smallest absolute Gasteiger partial charge is 0.178 e. The maximum absolute atomic E-state index is 14.6. The Kier molecular flexibility index (Phi) is 7.13. The van der Waals surface area contributed by atoms with Gasteiger partial charge in [0.1, 0.15) is 23.8 Å². The fourth-order valence-corrected chi connectivity index (χ4v) is 4.53. The Labute approximate surface area is 203 Å². The van der Waals surface area contributed by atoms with E-state index < -0.39 is 0 Å². The van der Waals surface area contributed by atoms with Crippen molar-refractivity contribution >= 4 is 23.1 Å². The van der Waals surface area contributed by atoms with Crippen molar-refractivity contribution in [2.24, 2.45) is 0 Å². The molecule has 2 aromatic heterocycles. The van der Waals surface area contributed by atoms with Gasteiger partial charge in [-0.3, -0.25) is 14.4 Å². The third-order valence-electron chi connectivity index (χ3n) is 6.24. The van der Waals surface area contributed by atoms with Gasteiger partial charge in [-0.1, -0.05) is 11.6 Å². The van der Waals surface area contributed by atoms with Gasteiger partial charge in [0, 0.05) is 49.7 Å². The third kappa shape index (κ3) is 4.90. The molecular weight excluding hydrogens is 459 g/mol. The van der Waals surface area contributed by atoms with Gasteiger partial charge in [0.25, 0.3) is 0 Å². The average molecular weight is 487 g/mol. The quantitative estimate of drug-likeness (QED) is 0.505. The van der Waals surface area contributed by atoms with Gasteiger partial charge in [-0.2, -0.15) is 5.10 Å². The number of piperazine rings is 1. The number of carbonyl (C=O) groups excluding carboxylic acids is 1. The molecule has 10 heteroatoms. The molecule has 0 spiro atoms. The number of ketones is 1. The van der Waals surface area contributed by atoms with E-state index in [1.165, 1.54) is 13.2 Å². The number of rotatable bonds is 7. The van der Waals surface area contributed by atoms with Crippen LogP contribution in [0.4, 0.5) is 10.1 Å². The van der Waals surface area contributed by atoms with Crippen molar-refractivity contribution in [2.75, 3.05) is 38.2 Å². The largest absolute Gasteiger partial charge is 0.495 e. The number of nitrogens with zero attached hydrogens (tertiary/aromatic N) is 6. The lowest BCUT2D eigenvalue weighted by molar-refractivity contribution is -0.121. The highest BCUT2D eigenvalue weighted by Gasteiger charge is 2.28. The van der Waals surface area contributed by atoms with E-state index in [0.717, 1.165) is 17.0 Å². The first kappa shape index (κ1) is 24.1. The summed E-state index contributed by atoms with van der Waals surface area (Å²) in [6.07, 6.45) is 3.35. The first-order valence-electron chi connectivity index (χ1n) is 11.1. The van der Waals surface area contributed by atoms with Gasteiger partial charge < -0.3 is 9.64 Å². The molecule has 3 aromatic rings. The van der Waals surface area contributed by atoms with E-state index in [1.54, 1.807) is 29.2 Å². The van der Waals surface area contributed by atoms with Crippen LogP contribution in [0.5, 0.6) is 5.75 Å². The van der Waals surface area contributed by atoms with Crippen LogP contribution in [0, 0.1) is 19.7 Å². The lowest BCUT2D eigenvalue weighted by Gasteiger charge is -2.40. The Morgan fingerprint density at radius 3 is 2.62 bits per heavy atom. The third-order valence-corrected chi connectivity index (χ3v) is 6.53. The van der Waals surface area contributed by atoms with Gasteiger partial charge in [-0.25, -0.2) is 14.4 Å². The van der Waals surface area contributed by atoms with E-state index in [4.69, 9.17) is 16.3 Å². The highest BCUT2D eigenvalue weighted by molar-refractivity contribution is 6.32. The van der Waals surface area contributed by atoms with Crippen molar-refractivity contribution < 1.29 is 13.9 Å². The van der Waals surface area contributed by atoms with Gasteiger partial charge in [0.15, 0.2) is 11.6 Å². The second-order valence-electron chi connectivity index (χ2n) is 8.53. The molecule has 1 aromatic carbocycles. The maximum Gasteiger partial charge on any atom is 0.178 e. The molecule has 0 radical (unpaired) electrons. The molecule has 0 saturated carbocycles. The summed E-state index contributed by atoms with van der Waals surface area (Å²) in [5.74, 6) is 0.643. The standard InChI is InChI=1S/C24H28ClFN6O2/c1-15-12-31(21-11-22(34-4)19(25)10-20(21)26)9-8-30(15)13-18(33)14-32-23(16(2)17(3)29-32)24-27-6-5-7-28-24/h5-7,10-11,15H,8-9,12-14H2,1-4H3/t15-/m0/s1. The Morgan fingerprint density at radius 2 is 1.94 bits per heavy atom. The molecule has 3 heterocycles. The van der Waals surface area contributed by atoms with Crippen LogP contribution in [0.25, 0.3) is 11.5 Å². The number of aromatic nitrogens is 4. The molecule has 4 rings (SSSR count). The summed E-state index contributed by atoms with van der Waals surface area (Å²) >= 11 is 6.03. The molecule has 0 amide bonds. The summed E-state index contributed by atoms with van der Waals surface area (Å²) in [4.78, 5) is 25.8. The van der Waals surface area contributed by atoms with Crippen molar-refractivity contribution in [3.05, 3.63) is 52.7 Å². The minimum Gasteiger partial charge on any atom is -0.495 e. The van der Waals surface area contributed by atoms with Crippen LogP contribution < -0.4 is 9.64 Å². The van der Waals surface area contributed by atoms with Gasteiger partial charge in [-0.15, -0.1) is 0 Å². The van der Waals surface area contributed by atoms with Crippen LogP contribution in [-0.2, 0) is 11.3 Å². The van der Waals surface area contributed by atoms with Crippen molar-refractivity contribution in [1.29, 1.82) is 0 Å². The van der Waals surface area contributed by atoms with Crippen LogP contribution in [0.2, 0.25) is 5.02 Å². The Morgan fingerprint density at radius 1 is 1.21 bits per heavy atom. The molecule has 1 aliphatic heterocycles. The van der Waals surface area contributed by atoms with Crippen LogP contribution >= 0.6 is 11.6 Å². The SMILES string of the molecule is COc1cc(N2CCN(CC(=O)Cn3nc(C)c(C)c3-c3ncccn3)[C@@H](C)C2)c(F)cc1Cl. The second-order valence-corrected chi connectivity index (χ2v) is 8.94. The van der Waals surface area contributed by atoms with Gasteiger partial charge in [0.2, 0.25) is 0 Å².